The molecule has 0 atom stereocenters. The Morgan fingerprint density at radius 2 is 2.10 bits per heavy atom. The van der Waals surface area contributed by atoms with Gasteiger partial charge in [0.15, 0.2) is 0 Å². The van der Waals surface area contributed by atoms with Crippen LogP contribution in [0.2, 0.25) is 0 Å². The molecule has 0 bridgehead atoms. The molecule has 1 aromatic carbocycles. The van der Waals surface area contributed by atoms with Crippen molar-refractivity contribution in [3.8, 4) is 0 Å². The third-order valence-corrected chi connectivity index (χ3v) is 2.87. The summed E-state index contributed by atoms with van der Waals surface area (Å²) in [4.78, 5) is 20.8. The zero-order chi connectivity index (χ0) is 14.9. The van der Waals surface area contributed by atoms with Crippen molar-refractivity contribution in [2.45, 2.75) is 6.42 Å². The molecule has 1 N–H and O–H groups in total. The minimum absolute atomic E-state index is 0.0961. The van der Waals surface area contributed by atoms with Gasteiger partial charge in [-0.2, -0.15) is 0 Å². The largest absolute Gasteiger partial charge is 0.399 e. The minimum Gasteiger partial charge on any atom is -0.399 e. The molecule has 0 aliphatic heterocycles. The van der Waals surface area contributed by atoms with E-state index in [9.17, 15) is 4.79 Å². The first-order valence-electron chi connectivity index (χ1n) is 6.64. The molecule has 0 spiro atoms. The summed E-state index contributed by atoms with van der Waals surface area (Å²) in [6.45, 7) is 0.558. The van der Waals surface area contributed by atoms with Crippen LogP contribution >= 0.6 is 0 Å². The summed E-state index contributed by atoms with van der Waals surface area (Å²) in [5.74, 6) is -0.0961. The Morgan fingerprint density at radius 3 is 2.76 bits per heavy atom. The van der Waals surface area contributed by atoms with Crippen LogP contribution in [0.25, 0.3) is 0 Å². The summed E-state index contributed by atoms with van der Waals surface area (Å²) >= 11 is 0. The van der Waals surface area contributed by atoms with E-state index in [1.54, 1.807) is 24.5 Å². The van der Waals surface area contributed by atoms with Gasteiger partial charge in [0.05, 0.1) is 6.21 Å². The number of amides is 1. The normalized spacial score (nSPS) is 10.5. The number of carbonyl (C=O) groups is 1. The maximum Gasteiger partial charge on any atom is 0.251 e. The van der Waals surface area contributed by atoms with Gasteiger partial charge in [-0.05, 0) is 29.8 Å². The van der Waals surface area contributed by atoms with Crippen LogP contribution in [-0.2, 0) is 11.3 Å². The highest BCUT2D eigenvalue weighted by Gasteiger charge is 2.04. The van der Waals surface area contributed by atoms with Crippen molar-refractivity contribution in [1.29, 1.82) is 0 Å². The van der Waals surface area contributed by atoms with Crippen LogP contribution in [0.15, 0.2) is 53.8 Å². The second-order valence-corrected chi connectivity index (χ2v) is 4.37. The van der Waals surface area contributed by atoms with Gasteiger partial charge in [-0.1, -0.05) is 23.4 Å². The third-order valence-electron chi connectivity index (χ3n) is 2.87. The highest BCUT2D eigenvalue weighted by Crippen LogP contribution is 2.03. The Kier molecular flexibility index (Phi) is 5.46. The molecule has 21 heavy (non-hydrogen) atoms. The topological polar surface area (TPSA) is 63.6 Å². The van der Waals surface area contributed by atoms with E-state index in [0.29, 0.717) is 18.5 Å². The Labute approximate surface area is 123 Å². The van der Waals surface area contributed by atoms with E-state index in [-0.39, 0.29) is 5.91 Å². The van der Waals surface area contributed by atoms with Crippen LogP contribution < -0.4 is 5.32 Å². The SMILES string of the molecule is CO/N=C/c1ccc(C(=O)NCCc2ccccn2)cc1. The second kappa shape index (κ2) is 7.79. The third kappa shape index (κ3) is 4.72. The van der Waals surface area contributed by atoms with E-state index in [1.165, 1.54) is 7.11 Å². The molecule has 108 valence electrons. The number of pyridine rings is 1. The van der Waals surface area contributed by atoms with E-state index in [1.807, 2.05) is 30.3 Å². The fourth-order valence-electron chi connectivity index (χ4n) is 1.79. The van der Waals surface area contributed by atoms with Crippen LogP contribution in [0.4, 0.5) is 0 Å². The van der Waals surface area contributed by atoms with Gasteiger partial charge >= 0.3 is 0 Å². The van der Waals surface area contributed by atoms with Crippen molar-refractivity contribution in [2.75, 3.05) is 13.7 Å². The Bertz CT molecular complexity index is 595. The maximum atomic E-state index is 12.0. The zero-order valence-electron chi connectivity index (χ0n) is 11.8. The number of rotatable bonds is 6. The standard InChI is InChI=1S/C16H17N3O2/c1-21-19-12-13-5-7-14(8-6-13)16(20)18-11-9-15-4-2-3-10-17-15/h2-8,10,12H,9,11H2,1H3,(H,18,20)/b19-12+. The predicted molar refractivity (Wildman–Crippen MR) is 81.3 cm³/mol. The van der Waals surface area contributed by atoms with Crippen molar-refractivity contribution in [3.63, 3.8) is 0 Å². The van der Waals surface area contributed by atoms with Gasteiger partial charge in [-0.3, -0.25) is 9.78 Å². The van der Waals surface area contributed by atoms with Crippen molar-refractivity contribution >= 4 is 12.1 Å². The van der Waals surface area contributed by atoms with E-state index >= 15 is 0 Å². The lowest BCUT2D eigenvalue weighted by Gasteiger charge is -2.05. The first kappa shape index (κ1) is 14.7. The van der Waals surface area contributed by atoms with Gasteiger partial charge in [-0.25, -0.2) is 0 Å². The molecule has 0 aliphatic carbocycles. The van der Waals surface area contributed by atoms with Gasteiger partial charge in [0.1, 0.15) is 7.11 Å². The average molecular weight is 283 g/mol. The quantitative estimate of drug-likeness (QED) is 0.651. The highest BCUT2D eigenvalue weighted by molar-refractivity contribution is 5.95. The molecule has 5 heteroatoms. The first-order chi connectivity index (χ1) is 10.3. The van der Waals surface area contributed by atoms with Crippen molar-refractivity contribution < 1.29 is 9.63 Å². The van der Waals surface area contributed by atoms with Gasteiger partial charge < -0.3 is 10.2 Å². The molecular weight excluding hydrogens is 266 g/mol. The summed E-state index contributed by atoms with van der Waals surface area (Å²) in [6, 6.07) is 12.9. The lowest BCUT2D eigenvalue weighted by molar-refractivity contribution is 0.0954. The molecule has 0 aliphatic rings. The molecule has 0 saturated heterocycles. The second-order valence-electron chi connectivity index (χ2n) is 4.37. The average Bonchev–Trinajstić information content (AvgIpc) is 2.54. The molecule has 1 heterocycles. The number of nitrogens with zero attached hydrogens (tertiary/aromatic N) is 2. The molecule has 1 amide bonds. The monoisotopic (exact) mass is 283 g/mol. The Morgan fingerprint density at radius 1 is 1.29 bits per heavy atom. The number of carbonyl (C=O) groups excluding carboxylic acids is 1. The van der Waals surface area contributed by atoms with Crippen molar-refractivity contribution in [1.82, 2.24) is 10.3 Å². The molecule has 1 aromatic heterocycles. The van der Waals surface area contributed by atoms with Crippen LogP contribution in [0.5, 0.6) is 0 Å². The molecule has 0 saturated carbocycles. The lowest BCUT2D eigenvalue weighted by Crippen LogP contribution is -2.25. The van der Waals surface area contributed by atoms with Crippen LogP contribution in [0.1, 0.15) is 21.6 Å². The van der Waals surface area contributed by atoms with Gasteiger partial charge in [0, 0.05) is 30.4 Å². The molecular formula is C16H17N3O2. The Hall–Kier alpha value is -2.69. The van der Waals surface area contributed by atoms with Gasteiger partial charge in [0.25, 0.3) is 5.91 Å². The van der Waals surface area contributed by atoms with Crippen molar-refractivity contribution in [3.05, 3.63) is 65.5 Å². The number of oxime groups is 1. The summed E-state index contributed by atoms with van der Waals surface area (Å²) in [6.07, 6.45) is 4.05. The van der Waals surface area contributed by atoms with E-state index in [4.69, 9.17) is 0 Å². The van der Waals surface area contributed by atoms with E-state index < -0.39 is 0 Å². The van der Waals surface area contributed by atoms with Crippen LogP contribution in [-0.4, -0.2) is 30.8 Å². The molecule has 2 aromatic rings. The van der Waals surface area contributed by atoms with Crippen LogP contribution in [0.3, 0.4) is 0 Å². The highest BCUT2D eigenvalue weighted by atomic mass is 16.6. The molecule has 2 rings (SSSR count). The summed E-state index contributed by atoms with van der Waals surface area (Å²) in [7, 11) is 1.49. The first-order valence-corrected chi connectivity index (χ1v) is 6.64. The zero-order valence-corrected chi connectivity index (χ0v) is 11.8. The summed E-state index contributed by atoms with van der Waals surface area (Å²) < 4.78 is 0. The predicted octanol–water partition coefficient (Wildman–Crippen LogP) is 2.03. The maximum absolute atomic E-state index is 12.0. The number of hydrogen-bond donors (Lipinski definition) is 1. The summed E-state index contributed by atoms with van der Waals surface area (Å²) in [5.41, 5.74) is 2.45. The van der Waals surface area contributed by atoms with Crippen LogP contribution in [0, 0.1) is 0 Å². The molecule has 0 radical (unpaired) electrons. The Balaban J connectivity index is 1.84. The fraction of sp³-hybridized carbons (Fsp3) is 0.188. The van der Waals surface area contributed by atoms with Gasteiger partial charge in [0.2, 0.25) is 0 Å². The molecule has 5 nitrogen and oxygen atoms in total. The number of aromatic nitrogens is 1. The lowest BCUT2D eigenvalue weighted by atomic mass is 10.1. The van der Waals surface area contributed by atoms with Crippen molar-refractivity contribution in [2.24, 2.45) is 5.16 Å². The van der Waals surface area contributed by atoms with E-state index in [2.05, 4.69) is 20.3 Å². The minimum atomic E-state index is -0.0961. The number of hydrogen-bond acceptors (Lipinski definition) is 4. The number of nitrogens with one attached hydrogen (secondary N) is 1. The smallest absolute Gasteiger partial charge is 0.251 e. The summed E-state index contributed by atoms with van der Waals surface area (Å²) in [5, 5.41) is 6.54. The van der Waals surface area contributed by atoms with Gasteiger partial charge in [-0.15, -0.1) is 0 Å². The molecule has 0 unspecified atom stereocenters. The molecule has 0 fully saturated rings. The fourth-order valence-corrected chi connectivity index (χ4v) is 1.79. The van der Waals surface area contributed by atoms with E-state index in [0.717, 1.165) is 11.3 Å². The number of benzene rings is 1.